The van der Waals surface area contributed by atoms with Gasteiger partial charge in [-0.25, -0.2) is 4.79 Å². The van der Waals surface area contributed by atoms with Crippen molar-refractivity contribution in [2.75, 3.05) is 13.2 Å². The van der Waals surface area contributed by atoms with Crippen LogP contribution in [0.25, 0.3) is 0 Å². The maximum atomic E-state index is 12.5. The zero-order valence-corrected chi connectivity index (χ0v) is 17.2. The molecule has 1 amide bonds. The number of carbonyl (C=O) groups excluding carboxylic acids is 2. The number of nitrogens with zero attached hydrogens (tertiary/aromatic N) is 1. The van der Waals surface area contributed by atoms with Crippen LogP contribution in [0.5, 0.6) is 5.75 Å². The van der Waals surface area contributed by atoms with Crippen molar-refractivity contribution in [1.82, 2.24) is 9.88 Å². The molecule has 0 atom stereocenters. The highest BCUT2D eigenvalue weighted by Crippen LogP contribution is 2.15. The van der Waals surface area contributed by atoms with Crippen LogP contribution >= 0.6 is 0 Å². The first-order valence-electron chi connectivity index (χ1n) is 9.95. The summed E-state index contributed by atoms with van der Waals surface area (Å²) in [5, 5.41) is 0. The second kappa shape index (κ2) is 10.8. The molecule has 31 heavy (non-hydrogen) atoms. The van der Waals surface area contributed by atoms with E-state index in [0.29, 0.717) is 19.7 Å². The normalized spacial score (nSPS) is 10.4. The van der Waals surface area contributed by atoms with E-state index >= 15 is 0 Å². The molecule has 1 N–H and O–H groups in total. The van der Waals surface area contributed by atoms with E-state index in [0.717, 1.165) is 16.9 Å². The lowest BCUT2D eigenvalue weighted by Gasteiger charge is -2.21. The summed E-state index contributed by atoms with van der Waals surface area (Å²) in [5.41, 5.74) is 1.32. The largest absolute Gasteiger partial charge is 0.489 e. The summed E-state index contributed by atoms with van der Waals surface area (Å²) in [6, 6.07) is 20.3. The predicted octanol–water partition coefficient (Wildman–Crippen LogP) is 3.16. The number of carbonyl (C=O) groups is 2. The van der Waals surface area contributed by atoms with Gasteiger partial charge in [0.2, 0.25) is 0 Å². The molecular weight excluding hydrogens is 396 g/mol. The van der Waals surface area contributed by atoms with Gasteiger partial charge < -0.3 is 19.4 Å². The fourth-order valence-corrected chi connectivity index (χ4v) is 2.91. The van der Waals surface area contributed by atoms with Crippen LogP contribution in [0.2, 0.25) is 0 Å². The minimum atomic E-state index is -0.828. The van der Waals surface area contributed by atoms with Gasteiger partial charge in [0.1, 0.15) is 17.9 Å². The van der Waals surface area contributed by atoms with E-state index in [1.165, 1.54) is 18.3 Å². The standard InChI is InChI=1S/C24H24N2O5/c1-2-26(22(27)17-31-24(29)21-9-6-14-25-23(21)28)15-18-10-12-20(13-11-18)30-16-19-7-4-3-5-8-19/h3-14H,2,15-17H2,1H3,(H,25,28). The van der Waals surface area contributed by atoms with E-state index in [-0.39, 0.29) is 11.5 Å². The van der Waals surface area contributed by atoms with Gasteiger partial charge in [-0.3, -0.25) is 9.59 Å². The first-order valence-corrected chi connectivity index (χ1v) is 9.95. The summed E-state index contributed by atoms with van der Waals surface area (Å²) in [7, 11) is 0. The zero-order valence-electron chi connectivity index (χ0n) is 17.2. The van der Waals surface area contributed by atoms with Crippen molar-refractivity contribution in [3.8, 4) is 5.75 Å². The van der Waals surface area contributed by atoms with Crippen molar-refractivity contribution in [1.29, 1.82) is 0 Å². The van der Waals surface area contributed by atoms with E-state index in [4.69, 9.17) is 9.47 Å². The minimum absolute atomic E-state index is 0.135. The third-order valence-electron chi connectivity index (χ3n) is 4.64. The number of hydrogen-bond donors (Lipinski definition) is 1. The molecule has 0 saturated carbocycles. The van der Waals surface area contributed by atoms with E-state index in [1.54, 1.807) is 4.90 Å². The highest BCUT2D eigenvalue weighted by molar-refractivity contribution is 5.90. The Morgan fingerprint density at radius 2 is 1.68 bits per heavy atom. The van der Waals surface area contributed by atoms with Crippen molar-refractivity contribution >= 4 is 11.9 Å². The molecule has 3 aromatic rings. The molecule has 3 rings (SSSR count). The molecule has 1 aromatic heterocycles. The Morgan fingerprint density at radius 3 is 2.35 bits per heavy atom. The lowest BCUT2D eigenvalue weighted by Crippen LogP contribution is -2.34. The van der Waals surface area contributed by atoms with Gasteiger partial charge in [0.25, 0.3) is 11.5 Å². The molecule has 7 nitrogen and oxygen atoms in total. The van der Waals surface area contributed by atoms with E-state index in [9.17, 15) is 14.4 Å². The van der Waals surface area contributed by atoms with Gasteiger partial charge in [-0.1, -0.05) is 42.5 Å². The lowest BCUT2D eigenvalue weighted by molar-refractivity contribution is -0.134. The number of pyridine rings is 1. The summed E-state index contributed by atoms with van der Waals surface area (Å²) in [6.07, 6.45) is 1.42. The van der Waals surface area contributed by atoms with Crippen LogP contribution in [0.4, 0.5) is 0 Å². The van der Waals surface area contributed by atoms with Gasteiger partial charge in [0.05, 0.1) is 0 Å². The average molecular weight is 420 g/mol. The van der Waals surface area contributed by atoms with E-state index in [2.05, 4.69) is 4.98 Å². The number of aromatic nitrogens is 1. The van der Waals surface area contributed by atoms with Crippen LogP contribution in [0.3, 0.4) is 0 Å². The number of hydrogen-bond acceptors (Lipinski definition) is 5. The maximum Gasteiger partial charge on any atom is 0.344 e. The first kappa shape index (κ1) is 21.8. The molecule has 0 bridgehead atoms. The maximum absolute atomic E-state index is 12.5. The van der Waals surface area contributed by atoms with Gasteiger partial charge in [-0.15, -0.1) is 0 Å². The topological polar surface area (TPSA) is 88.7 Å². The van der Waals surface area contributed by atoms with Crippen molar-refractivity contribution < 1.29 is 19.1 Å². The number of nitrogens with one attached hydrogen (secondary N) is 1. The van der Waals surface area contributed by atoms with Crippen molar-refractivity contribution in [2.45, 2.75) is 20.1 Å². The second-order valence-corrected chi connectivity index (χ2v) is 6.82. The summed E-state index contributed by atoms with van der Waals surface area (Å²) >= 11 is 0. The molecule has 0 saturated heterocycles. The van der Waals surface area contributed by atoms with E-state index < -0.39 is 18.1 Å². The molecule has 2 aromatic carbocycles. The third kappa shape index (κ3) is 6.30. The smallest absolute Gasteiger partial charge is 0.344 e. The fraction of sp³-hybridized carbons (Fsp3) is 0.208. The number of likely N-dealkylation sites (N-methyl/N-ethyl adjacent to an activating group) is 1. The van der Waals surface area contributed by atoms with Crippen molar-refractivity contribution in [3.63, 3.8) is 0 Å². The average Bonchev–Trinajstić information content (AvgIpc) is 2.81. The van der Waals surface area contributed by atoms with E-state index in [1.807, 2.05) is 61.5 Å². The highest BCUT2D eigenvalue weighted by atomic mass is 16.5. The number of H-pyrrole nitrogens is 1. The van der Waals surface area contributed by atoms with Crippen molar-refractivity contribution in [3.05, 3.63) is 100.0 Å². The fourth-order valence-electron chi connectivity index (χ4n) is 2.91. The van der Waals surface area contributed by atoms with Crippen molar-refractivity contribution in [2.24, 2.45) is 0 Å². The molecule has 0 spiro atoms. The second-order valence-electron chi connectivity index (χ2n) is 6.82. The van der Waals surface area contributed by atoms with Gasteiger partial charge in [0, 0.05) is 19.3 Å². The first-order chi connectivity index (χ1) is 15.1. The Balaban J connectivity index is 1.51. The van der Waals surface area contributed by atoms with Gasteiger partial charge >= 0.3 is 5.97 Å². The van der Waals surface area contributed by atoms with Crippen LogP contribution in [0.15, 0.2) is 77.7 Å². The summed E-state index contributed by atoms with van der Waals surface area (Å²) in [4.78, 5) is 40.1. The highest BCUT2D eigenvalue weighted by Gasteiger charge is 2.17. The van der Waals surface area contributed by atoms with Gasteiger partial charge in [-0.05, 0) is 42.3 Å². The third-order valence-corrected chi connectivity index (χ3v) is 4.64. The molecule has 160 valence electrons. The molecule has 0 aliphatic rings. The number of amides is 1. The Labute approximate surface area is 180 Å². The predicted molar refractivity (Wildman–Crippen MR) is 116 cm³/mol. The minimum Gasteiger partial charge on any atom is -0.489 e. The molecule has 0 aliphatic carbocycles. The molecule has 0 fully saturated rings. The zero-order chi connectivity index (χ0) is 22.1. The number of aromatic amines is 1. The molecular formula is C24H24N2O5. The molecule has 1 heterocycles. The number of esters is 1. The molecule has 0 aliphatic heterocycles. The summed E-state index contributed by atoms with van der Waals surface area (Å²) < 4.78 is 10.8. The molecule has 0 radical (unpaired) electrons. The Hall–Kier alpha value is -3.87. The van der Waals surface area contributed by atoms with Crippen LogP contribution in [-0.4, -0.2) is 34.9 Å². The number of benzene rings is 2. The van der Waals surface area contributed by atoms with Crippen LogP contribution in [-0.2, 0) is 22.7 Å². The number of rotatable bonds is 9. The summed E-state index contributed by atoms with van der Waals surface area (Å²) in [6.45, 7) is 2.72. The van der Waals surface area contributed by atoms with Gasteiger partial charge in [-0.2, -0.15) is 0 Å². The SMILES string of the molecule is CCN(Cc1ccc(OCc2ccccc2)cc1)C(=O)COC(=O)c1ccc[nH]c1=O. The molecule has 7 heteroatoms. The van der Waals surface area contributed by atoms with Gasteiger partial charge in [0.15, 0.2) is 6.61 Å². The quantitative estimate of drug-likeness (QED) is 0.537. The molecule has 0 unspecified atom stereocenters. The van der Waals surface area contributed by atoms with Crippen LogP contribution in [0, 0.1) is 0 Å². The van der Waals surface area contributed by atoms with Crippen LogP contribution in [0.1, 0.15) is 28.4 Å². The Morgan fingerprint density at radius 1 is 0.935 bits per heavy atom. The Kier molecular flexibility index (Phi) is 7.59. The number of ether oxygens (including phenoxy) is 2. The Bertz CT molecular complexity index is 1060. The monoisotopic (exact) mass is 420 g/mol. The summed E-state index contributed by atoms with van der Waals surface area (Å²) in [5.74, 6) is -0.428. The van der Waals surface area contributed by atoms with Crippen LogP contribution < -0.4 is 10.3 Å². The lowest BCUT2D eigenvalue weighted by atomic mass is 10.2.